The molecule has 0 radical (unpaired) electrons. The summed E-state index contributed by atoms with van der Waals surface area (Å²) >= 11 is 0. The third-order valence-corrected chi connectivity index (χ3v) is 3.91. The number of benzene rings is 2. The van der Waals surface area contributed by atoms with Gasteiger partial charge in [0.15, 0.2) is 0 Å². The maximum absolute atomic E-state index is 12.8. The third kappa shape index (κ3) is 5.73. The summed E-state index contributed by atoms with van der Waals surface area (Å²) in [6.07, 6.45) is -4.70. The molecule has 2 amide bonds. The maximum Gasteiger partial charge on any atom is 0.416 e. The number of rotatable bonds is 7. The molecule has 0 bridgehead atoms. The Morgan fingerprint density at radius 3 is 2.48 bits per heavy atom. The predicted octanol–water partition coefficient (Wildman–Crippen LogP) is 2.47. The molecule has 0 saturated carbocycles. The second kappa shape index (κ2) is 8.57. The van der Waals surface area contributed by atoms with Gasteiger partial charge in [-0.15, -0.1) is 0 Å². The van der Waals surface area contributed by atoms with Crippen LogP contribution in [0.4, 0.5) is 13.2 Å². The lowest BCUT2D eigenvalue weighted by atomic mass is 10.0. The van der Waals surface area contributed by atoms with E-state index in [-0.39, 0.29) is 18.4 Å². The number of methoxy groups -OCH3 is 1. The molecule has 27 heavy (non-hydrogen) atoms. The number of para-hydroxylation sites is 1. The van der Waals surface area contributed by atoms with E-state index < -0.39 is 29.6 Å². The van der Waals surface area contributed by atoms with Crippen molar-refractivity contribution < 1.29 is 27.5 Å². The minimum absolute atomic E-state index is 0.105. The van der Waals surface area contributed by atoms with Crippen LogP contribution in [-0.4, -0.2) is 25.0 Å². The summed E-state index contributed by atoms with van der Waals surface area (Å²) in [7, 11) is 1.48. The minimum Gasteiger partial charge on any atom is -0.496 e. The van der Waals surface area contributed by atoms with Crippen LogP contribution in [0.2, 0.25) is 0 Å². The fraction of sp³-hybridized carbons (Fsp3) is 0.263. The fourth-order valence-corrected chi connectivity index (χ4v) is 2.60. The SMILES string of the molecule is COc1ccccc1C[C@H](NC(=O)Cc1cccc(C(F)(F)F)c1)C(N)=O. The topological polar surface area (TPSA) is 81.4 Å². The zero-order valence-corrected chi connectivity index (χ0v) is 14.5. The van der Waals surface area contributed by atoms with Crippen molar-refractivity contribution in [2.24, 2.45) is 5.73 Å². The highest BCUT2D eigenvalue weighted by Gasteiger charge is 2.30. The van der Waals surface area contributed by atoms with Crippen molar-refractivity contribution in [2.45, 2.75) is 25.1 Å². The Morgan fingerprint density at radius 1 is 1.15 bits per heavy atom. The molecular weight excluding hydrogens is 361 g/mol. The molecule has 3 N–H and O–H groups in total. The molecule has 0 unspecified atom stereocenters. The summed E-state index contributed by atoms with van der Waals surface area (Å²) in [6, 6.07) is 10.4. The third-order valence-electron chi connectivity index (χ3n) is 3.91. The minimum atomic E-state index is -4.49. The second-order valence-corrected chi connectivity index (χ2v) is 5.91. The number of alkyl halides is 3. The molecule has 0 fully saturated rings. The first-order valence-electron chi connectivity index (χ1n) is 8.07. The van der Waals surface area contributed by atoms with E-state index in [1.165, 1.54) is 19.2 Å². The highest BCUT2D eigenvalue weighted by atomic mass is 19.4. The van der Waals surface area contributed by atoms with Crippen LogP contribution in [0.1, 0.15) is 16.7 Å². The van der Waals surface area contributed by atoms with Crippen LogP contribution in [0.15, 0.2) is 48.5 Å². The number of carbonyl (C=O) groups is 2. The summed E-state index contributed by atoms with van der Waals surface area (Å²) in [6.45, 7) is 0. The number of hydrogen-bond acceptors (Lipinski definition) is 3. The molecule has 0 saturated heterocycles. The predicted molar refractivity (Wildman–Crippen MR) is 93.0 cm³/mol. The molecule has 0 aliphatic rings. The van der Waals surface area contributed by atoms with Crippen molar-refractivity contribution >= 4 is 11.8 Å². The molecule has 2 aromatic carbocycles. The molecule has 0 spiro atoms. The van der Waals surface area contributed by atoms with E-state index in [1.54, 1.807) is 24.3 Å². The number of amides is 2. The van der Waals surface area contributed by atoms with Crippen LogP contribution in [-0.2, 0) is 28.6 Å². The van der Waals surface area contributed by atoms with Gasteiger partial charge in [0, 0.05) is 6.42 Å². The molecule has 8 heteroatoms. The number of ether oxygens (including phenoxy) is 1. The zero-order chi connectivity index (χ0) is 20.0. The van der Waals surface area contributed by atoms with Gasteiger partial charge >= 0.3 is 6.18 Å². The molecular formula is C19H19F3N2O3. The van der Waals surface area contributed by atoms with Crippen molar-refractivity contribution in [3.05, 3.63) is 65.2 Å². The van der Waals surface area contributed by atoms with Gasteiger partial charge in [0.05, 0.1) is 19.1 Å². The monoisotopic (exact) mass is 380 g/mol. The standard InChI is InChI=1S/C19H19F3N2O3/c1-27-16-8-3-2-6-13(16)11-15(18(23)26)24-17(25)10-12-5-4-7-14(9-12)19(20,21)22/h2-9,15H,10-11H2,1H3,(H2,23,26)(H,24,25)/t15-/m0/s1. The first kappa shape index (κ1) is 20.3. The highest BCUT2D eigenvalue weighted by Crippen LogP contribution is 2.29. The summed E-state index contributed by atoms with van der Waals surface area (Å²) in [4.78, 5) is 23.9. The molecule has 5 nitrogen and oxygen atoms in total. The number of halogens is 3. The van der Waals surface area contributed by atoms with E-state index >= 15 is 0 Å². The van der Waals surface area contributed by atoms with Gasteiger partial charge in [-0.2, -0.15) is 13.2 Å². The molecule has 0 aliphatic heterocycles. The van der Waals surface area contributed by atoms with Gasteiger partial charge in [-0.1, -0.05) is 36.4 Å². The van der Waals surface area contributed by atoms with Crippen LogP contribution in [0.3, 0.4) is 0 Å². The number of nitrogens with one attached hydrogen (secondary N) is 1. The smallest absolute Gasteiger partial charge is 0.416 e. The van der Waals surface area contributed by atoms with Crippen molar-refractivity contribution in [3.8, 4) is 5.75 Å². The van der Waals surface area contributed by atoms with Gasteiger partial charge in [-0.05, 0) is 23.3 Å². The first-order chi connectivity index (χ1) is 12.7. The summed E-state index contributed by atoms with van der Waals surface area (Å²) in [5.41, 5.74) is 5.37. The van der Waals surface area contributed by atoms with Gasteiger partial charge in [0.25, 0.3) is 0 Å². The first-order valence-corrected chi connectivity index (χ1v) is 8.07. The Labute approximate surface area is 154 Å². The lowest BCUT2D eigenvalue weighted by molar-refractivity contribution is -0.137. The number of hydrogen-bond donors (Lipinski definition) is 2. The normalized spacial score (nSPS) is 12.3. The molecule has 2 rings (SSSR count). The van der Waals surface area contributed by atoms with Crippen LogP contribution in [0.5, 0.6) is 5.75 Å². The highest BCUT2D eigenvalue weighted by molar-refractivity contribution is 5.87. The van der Waals surface area contributed by atoms with E-state index in [0.717, 1.165) is 12.1 Å². The Hall–Kier alpha value is -3.03. The number of primary amides is 1. The molecule has 0 aromatic heterocycles. The lowest BCUT2D eigenvalue weighted by Gasteiger charge is -2.17. The van der Waals surface area contributed by atoms with E-state index in [0.29, 0.717) is 11.3 Å². The second-order valence-electron chi connectivity index (χ2n) is 5.91. The van der Waals surface area contributed by atoms with Gasteiger partial charge in [-0.25, -0.2) is 0 Å². The molecule has 0 aliphatic carbocycles. The largest absolute Gasteiger partial charge is 0.496 e. The summed E-state index contributed by atoms with van der Waals surface area (Å²) in [5, 5.41) is 2.47. The Balaban J connectivity index is 2.08. The van der Waals surface area contributed by atoms with Gasteiger partial charge in [-0.3, -0.25) is 9.59 Å². The van der Waals surface area contributed by atoms with Gasteiger partial charge in [0.2, 0.25) is 11.8 Å². The molecule has 0 heterocycles. The fourth-order valence-electron chi connectivity index (χ4n) is 2.60. The van der Waals surface area contributed by atoms with Crippen LogP contribution in [0, 0.1) is 0 Å². The lowest BCUT2D eigenvalue weighted by Crippen LogP contribution is -2.46. The average molecular weight is 380 g/mol. The number of nitrogens with two attached hydrogens (primary N) is 1. The van der Waals surface area contributed by atoms with E-state index in [4.69, 9.17) is 10.5 Å². The van der Waals surface area contributed by atoms with Crippen molar-refractivity contribution in [1.82, 2.24) is 5.32 Å². The van der Waals surface area contributed by atoms with E-state index in [9.17, 15) is 22.8 Å². The molecule has 2 aromatic rings. The summed E-state index contributed by atoms with van der Waals surface area (Å²) in [5.74, 6) is -0.817. The Bertz CT molecular complexity index is 822. The van der Waals surface area contributed by atoms with Crippen molar-refractivity contribution in [1.29, 1.82) is 0 Å². The van der Waals surface area contributed by atoms with E-state index in [2.05, 4.69) is 5.32 Å². The van der Waals surface area contributed by atoms with Crippen molar-refractivity contribution in [2.75, 3.05) is 7.11 Å². The average Bonchev–Trinajstić information content (AvgIpc) is 2.61. The Morgan fingerprint density at radius 2 is 1.85 bits per heavy atom. The van der Waals surface area contributed by atoms with Crippen molar-refractivity contribution in [3.63, 3.8) is 0 Å². The van der Waals surface area contributed by atoms with Crippen LogP contribution in [0.25, 0.3) is 0 Å². The Kier molecular flexibility index (Phi) is 6.44. The van der Waals surface area contributed by atoms with Gasteiger partial charge < -0.3 is 15.8 Å². The molecule has 144 valence electrons. The quantitative estimate of drug-likeness (QED) is 0.774. The summed E-state index contributed by atoms with van der Waals surface area (Å²) < 4.78 is 43.5. The van der Waals surface area contributed by atoms with Gasteiger partial charge in [0.1, 0.15) is 11.8 Å². The number of carbonyl (C=O) groups excluding carboxylic acids is 2. The van der Waals surface area contributed by atoms with E-state index in [1.807, 2.05) is 0 Å². The zero-order valence-electron chi connectivity index (χ0n) is 14.5. The van der Waals surface area contributed by atoms with Crippen LogP contribution < -0.4 is 15.8 Å². The van der Waals surface area contributed by atoms with Crippen LogP contribution >= 0.6 is 0 Å². The maximum atomic E-state index is 12.8. The molecule has 1 atom stereocenters.